The van der Waals surface area contributed by atoms with Crippen molar-refractivity contribution in [3.63, 3.8) is 0 Å². The maximum absolute atomic E-state index is 10.4. The SMILES string of the molecule is CC1(C)[C@H]2CC[C@]3(C)OCC[C@H]3[C@]2(C)CC[C@@H]1O. The van der Waals surface area contributed by atoms with Crippen molar-refractivity contribution in [3.05, 3.63) is 0 Å². The summed E-state index contributed by atoms with van der Waals surface area (Å²) in [5.41, 5.74) is 0.548. The molecule has 0 spiro atoms. The number of hydrogen-bond acceptors (Lipinski definition) is 2. The lowest BCUT2D eigenvalue weighted by molar-refractivity contribution is -0.178. The van der Waals surface area contributed by atoms with E-state index < -0.39 is 0 Å². The minimum Gasteiger partial charge on any atom is -0.393 e. The molecule has 2 aliphatic carbocycles. The van der Waals surface area contributed by atoms with E-state index in [0.29, 0.717) is 17.3 Å². The van der Waals surface area contributed by atoms with Gasteiger partial charge in [-0.3, -0.25) is 0 Å². The lowest BCUT2D eigenvalue weighted by Gasteiger charge is -2.61. The van der Waals surface area contributed by atoms with Crippen LogP contribution in [0.3, 0.4) is 0 Å². The number of ether oxygens (including phenoxy) is 1. The molecule has 0 aromatic carbocycles. The van der Waals surface area contributed by atoms with Crippen molar-refractivity contribution in [2.45, 2.75) is 71.5 Å². The van der Waals surface area contributed by atoms with Crippen LogP contribution in [0.1, 0.15) is 59.8 Å². The first-order valence-corrected chi connectivity index (χ1v) is 7.63. The van der Waals surface area contributed by atoms with Gasteiger partial charge in [0.2, 0.25) is 0 Å². The molecule has 0 unspecified atom stereocenters. The Labute approximate surface area is 111 Å². The summed E-state index contributed by atoms with van der Waals surface area (Å²) in [4.78, 5) is 0. The monoisotopic (exact) mass is 252 g/mol. The van der Waals surface area contributed by atoms with Crippen LogP contribution >= 0.6 is 0 Å². The zero-order valence-corrected chi connectivity index (χ0v) is 12.3. The largest absolute Gasteiger partial charge is 0.393 e. The molecule has 3 rings (SSSR count). The van der Waals surface area contributed by atoms with Gasteiger partial charge in [0.1, 0.15) is 0 Å². The molecule has 1 aliphatic heterocycles. The van der Waals surface area contributed by atoms with E-state index in [-0.39, 0.29) is 17.1 Å². The molecule has 1 heterocycles. The standard InChI is InChI=1S/C16H28O2/c1-14(2)11-5-9-16(4)12(7-10-18-16)15(11,3)8-6-13(14)17/h11-13,17H,5-10H2,1-4H3/t11-,12+,13+,15-,16+/m1/s1. The lowest BCUT2D eigenvalue weighted by atomic mass is 9.45. The van der Waals surface area contributed by atoms with E-state index in [2.05, 4.69) is 27.7 Å². The van der Waals surface area contributed by atoms with Gasteiger partial charge in [0.25, 0.3) is 0 Å². The third kappa shape index (κ3) is 1.48. The lowest BCUT2D eigenvalue weighted by Crippen LogP contribution is -2.59. The topological polar surface area (TPSA) is 29.5 Å². The second-order valence-electron chi connectivity index (χ2n) is 7.98. The molecule has 104 valence electrons. The fraction of sp³-hybridized carbons (Fsp3) is 1.00. The quantitative estimate of drug-likeness (QED) is 0.716. The van der Waals surface area contributed by atoms with Gasteiger partial charge in [0.15, 0.2) is 0 Å². The van der Waals surface area contributed by atoms with Gasteiger partial charge in [-0.2, -0.15) is 0 Å². The second kappa shape index (κ2) is 3.73. The number of rotatable bonds is 0. The number of aliphatic hydroxyl groups is 1. The molecule has 0 amide bonds. The van der Waals surface area contributed by atoms with E-state index in [9.17, 15) is 5.11 Å². The Morgan fingerprint density at radius 3 is 2.39 bits per heavy atom. The van der Waals surface area contributed by atoms with Crippen LogP contribution in [0.4, 0.5) is 0 Å². The molecule has 2 nitrogen and oxygen atoms in total. The average molecular weight is 252 g/mol. The Hall–Kier alpha value is -0.0800. The maximum atomic E-state index is 10.4. The summed E-state index contributed by atoms with van der Waals surface area (Å²) in [5.74, 6) is 1.34. The van der Waals surface area contributed by atoms with Crippen molar-refractivity contribution in [3.8, 4) is 0 Å². The third-order valence-corrected chi connectivity index (χ3v) is 6.81. The maximum Gasteiger partial charge on any atom is 0.0688 e. The van der Waals surface area contributed by atoms with E-state index in [4.69, 9.17) is 4.74 Å². The smallest absolute Gasteiger partial charge is 0.0688 e. The Kier molecular flexibility index (Phi) is 2.68. The zero-order chi connectivity index (χ0) is 13.2. The predicted molar refractivity (Wildman–Crippen MR) is 72.3 cm³/mol. The Balaban J connectivity index is 1.98. The second-order valence-corrected chi connectivity index (χ2v) is 7.98. The van der Waals surface area contributed by atoms with Crippen LogP contribution < -0.4 is 0 Å². The summed E-state index contributed by atoms with van der Waals surface area (Å²) in [6.07, 6.45) is 5.62. The molecule has 1 N–H and O–H groups in total. The van der Waals surface area contributed by atoms with Gasteiger partial charge in [-0.05, 0) is 61.7 Å². The molecule has 18 heavy (non-hydrogen) atoms. The van der Waals surface area contributed by atoms with Crippen LogP contribution in [0.15, 0.2) is 0 Å². The highest BCUT2D eigenvalue weighted by atomic mass is 16.5. The van der Waals surface area contributed by atoms with Gasteiger partial charge in [-0.25, -0.2) is 0 Å². The first-order chi connectivity index (χ1) is 8.31. The van der Waals surface area contributed by atoms with Gasteiger partial charge in [-0.1, -0.05) is 20.8 Å². The van der Waals surface area contributed by atoms with E-state index >= 15 is 0 Å². The molecule has 0 radical (unpaired) electrons. The van der Waals surface area contributed by atoms with Gasteiger partial charge in [0.05, 0.1) is 11.7 Å². The van der Waals surface area contributed by atoms with Crippen LogP contribution in [0.25, 0.3) is 0 Å². The summed E-state index contributed by atoms with van der Waals surface area (Å²) in [6.45, 7) is 10.3. The molecule has 0 aromatic heterocycles. The fourth-order valence-corrected chi connectivity index (χ4v) is 5.72. The van der Waals surface area contributed by atoms with Crippen molar-refractivity contribution in [1.82, 2.24) is 0 Å². The van der Waals surface area contributed by atoms with Crippen LogP contribution in [0, 0.1) is 22.7 Å². The van der Waals surface area contributed by atoms with Crippen molar-refractivity contribution >= 4 is 0 Å². The molecule has 3 aliphatic rings. The molecule has 2 saturated carbocycles. The first-order valence-electron chi connectivity index (χ1n) is 7.63. The molecule has 5 atom stereocenters. The van der Waals surface area contributed by atoms with E-state index in [1.807, 2.05) is 0 Å². The van der Waals surface area contributed by atoms with Gasteiger partial charge >= 0.3 is 0 Å². The van der Waals surface area contributed by atoms with Crippen molar-refractivity contribution in [2.75, 3.05) is 6.61 Å². The first kappa shape index (κ1) is 12.9. The molecule has 0 aromatic rings. The predicted octanol–water partition coefficient (Wildman–Crippen LogP) is 3.38. The Bertz CT molecular complexity index is 351. The van der Waals surface area contributed by atoms with Crippen molar-refractivity contribution < 1.29 is 9.84 Å². The van der Waals surface area contributed by atoms with E-state index in [1.54, 1.807) is 0 Å². The van der Waals surface area contributed by atoms with Gasteiger partial charge in [0, 0.05) is 6.61 Å². The fourth-order valence-electron chi connectivity index (χ4n) is 5.72. The number of hydrogen-bond donors (Lipinski definition) is 1. The number of fused-ring (bicyclic) bond motifs is 3. The summed E-state index contributed by atoms with van der Waals surface area (Å²) in [5, 5.41) is 10.4. The molecule has 3 fully saturated rings. The van der Waals surface area contributed by atoms with Gasteiger partial charge < -0.3 is 9.84 Å². The Morgan fingerprint density at radius 1 is 0.944 bits per heavy atom. The summed E-state index contributed by atoms with van der Waals surface area (Å²) >= 11 is 0. The highest BCUT2D eigenvalue weighted by Gasteiger charge is 2.62. The molecule has 2 heteroatoms. The average Bonchev–Trinajstić information content (AvgIpc) is 2.68. The van der Waals surface area contributed by atoms with Crippen molar-refractivity contribution in [2.24, 2.45) is 22.7 Å². The molecule has 1 saturated heterocycles. The minimum absolute atomic E-state index is 0.0664. The zero-order valence-electron chi connectivity index (χ0n) is 12.3. The van der Waals surface area contributed by atoms with Gasteiger partial charge in [-0.15, -0.1) is 0 Å². The summed E-state index contributed by atoms with van der Waals surface area (Å²) in [6, 6.07) is 0. The highest BCUT2D eigenvalue weighted by Crippen LogP contribution is 2.64. The molecular formula is C16H28O2. The van der Waals surface area contributed by atoms with Crippen LogP contribution in [-0.2, 0) is 4.74 Å². The van der Waals surface area contributed by atoms with E-state index in [1.165, 1.54) is 25.7 Å². The van der Waals surface area contributed by atoms with Crippen LogP contribution in [0.5, 0.6) is 0 Å². The van der Waals surface area contributed by atoms with Crippen LogP contribution in [-0.4, -0.2) is 23.4 Å². The summed E-state index contributed by atoms with van der Waals surface area (Å²) in [7, 11) is 0. The minimum atomic E-state index is -0.123. The normalized spacial score (nSPS) is 54.8. The van der Waals surface area contributed by atoms with E-state index in [0.717, 1.165) is 13.0 Å². The molecular weight excluding hydrogens is 224 g/mol. The number of aliphatic hydroxyl groups excluding tert-OH is 1. The Morgan fingerprint density at radius 2 is 1.67 bits per heavy atom. The molecule has 0 bridgehead atoms. The third-order valence-electron chi connectivity index (χ3n) is 6.81. The summed E-state index contributed by atoms with van der Waals surface area (Å²) < 4.78 is 6.09. The van der Waals surface area contributed by atoms with Crippen molar-refractivity contribution in [1.29, 1.82) is 0 Å². The highest BCUT2D eigenvalue weighted by molar-refractivity contribution is 5.11. The van der Waals surface area contributed by atoms with Crippen LogP contribution in [0.2, 0.25) is 0 Å².